The Labute approximate surface area is 72.6 Å². The molecule has 0 unspecified atom stereocenters. The molecule has 0 bridgehead atoms. The van der Waals surface area contributed by atoms with Crippen molar-refractivity contribution in [3.63, 3.8) is 0 Å². The quantitative estimate of drug-likeness (QED) is 0.598. The van der Waals surface area contributed by atoms with Crippen LogP contribution in [0.1, 0.15) is 39.0 Å². The van der Waals surface area contributed by atoms with Crippen LogP contribution in [-0.4, -0.2) is 4.87 Å². The van der Waals surface area contributed by atoms with Crippen LogP contribution in [0.3, 0.4) is 0 Å². The van der Waals surface area contributed by atoms with Crippen LogP contribution in [0.5, 0.6) is 0 Å². The summed E-state index contributed by atoms with van der Waals surface area (Å²) >= 11 is 2.00. The standard InChI is InChI=1S/C9H15NS/c1-8-7-11-9(10-8)5-3-2-4-6-9/h7,10H,2-6H2,1H3. The van der Waals surface area contributed by atoms with Crippen molar-refractivity contribution in [2.45, 2.75) is 43.9 Å². The number of hydrogen-bond acceptors (Lipinski definition) is 2. The molecule has 1 heterocycles. The fraction of sp³-hybridized carbons (Fsp3) is 0.778. The lowest BCUT2D eigenvalue weighted by molar-refractivity contribution is 0.366. The largest absolute Gasteiger partial charge is 0.374 e. The average Bonchev–Trinajstić information content (AvgIpc) is 2.34. The first-order valence-electron chi connectivity index (χ1n) is 4.44. The molecule has 0 atom stereocenters. The zero-order valence-corrected chi connectivity index (χ0v) is 7.84. The number of nitrogens with one attached hydrogen (secondary N) is 1. The molecule has 0 aromatic rings. The molecule has 62 valence electrons. The average molecular weight is 169 g/mol. The summed E-state index contributed by atoms with van der Waals surface area (Å²) in [6, 6.07) is 0. The predicted molar refractivity (Wildman–Crippen MR) is 50.3 cm³/mol. The van der Waals surface area contributed by atoms with Crippen LogP contribution in [0, 0.1) is 0 Å². The second-order valence-electron chi connectivity index (χ2n) is 3.60. The van der Waals surface area contributed by atoms with Gasteiger partial charge in [0, 0.05) is 5.70 Å². The molecule has 2 heteroatoms. The Kier molecular flexibility index (Phi) is 1.88. The van der Waals surface area contributed by atoms with Gasteiger partial charge in [0.1, 0.15) is 0 Å². The highest BCUT2D eigenvalue weighted by molar-refractivity contribution is 8.03. The lowest BCUT2D eigenvalue weighted by Crippen LogP contribution is -2.38. The van der Waals surface area contributed by atoms with E-state index in [-0.39, 0.29) is 0 Å². The Bertz CT molecular complexity index is 180. The van der Waals surface area contributed by atoms with Crippen LogP contribution < -0.4 is 5.32 Å². The number of allylic oxidation sites excluding steroid dienone is 1. The third-order valence-electron chi connectivity index (χ3n) is 2.55. The molecular weight excluding hydrogens is 154 g/mol. The minimum atomic E-state index is 0.419. The Morgan fingerprint density at radius 2 is 2.09 bits per heavy atom. The molecule has 2 aliphatic rings. The molecule has 0 amide bonds. The van der Waals surface area contributed by atoms with Crippen LogP contribution in [0.2, 0.25) is 0 Å². The normalized spacial score (nSPS) is 28.3. The minimum absolute atomic E-state index is 0.419. The SMILES string of the molecule is CC1=CSC2(CCCCC2)N1. The minimum Gasteiger partial charge on any atom is -0.374 e. The zero-order chi connectivity index (χ0) is 7.73. The number of thioether (sulfide) groups is 1. The Morgan fingerprint density at radius 1 is 1.36 bits per heavy atom. The molecule has 0 aromatic carbocycles. The van der Waals surface area contributed by atoms with Crippen LogP contribution in [-0.2, 0) is 0 Å². The fourth-order valence-electron chi connectivity index (χ4n) is 1.99. The van der Waals surface area contributed by atoms with E-state index in [4.69, 9.17) is 0 Å². The summed E-state index contributed by atoms with van der Waals surface area (Å²) in [6.07, 6.45) is 6.95. The van der Waals surface area contributed by atoms with Gasteiger partial charge < -0.3 is 5.32 Å². The molecule has 1 aliphatic heterocycles. The van der Waals surface area contributed by atoms with E-state index in [2.05, 4.69) is 17.6 Å². The molecule has 1 saturated carbocycles. The maximum Gasteiger partial charge on any atom is 0.0871 e. The summed E-state index contributed by atoms with van der Waals surface area (Å²) in [7, 11) is 0. The maximum atomic E-state index is 3.59. The first-order chi connectivity index (χ1) is 5.31. The van der Waals surface area contributed by atoms with Gasteiger partial charge in [-0.2, -0.15) is 0 Å². The van der Waals surface area contributed by atoms with E-state index in [1.165, 1.54) is 37.8 Å². The highest BCUT2D eigenvalue weighted by Crippen LogP contribution is 2.42. The van der Waals surface area contributed by atoms with E-state index in [0.717, 1.165) is 0 Å². The summed E-state index contributed by atoms with van der Waals surface area (Å²) in [4.78, 5) is 0.419. The molecular formula is C9H15NS. The van der Waals surface area contributed by atoms with Crippen LogP contribution in [0.25, 0.3) is 0 Å². The van der Waals surface area contributed by atoms with E-state index < -0.39 is 0 Å². The zero-order valence-electron chi connectivity index (χ0n) is 7.02. The molecule has 11 heavy (non-hydrogen) atoms. The Hall–Kier alpha value is -0.110. The molecule has 1 aliphatic carbocycles. The Balaban J connectivity index is 2.01. The third kappa shape index (κ3) is 1.41. The van der Waals surface area contributed by atoms with Crippen molar-refractivity contribution in [3.8, 4) is 0 Å². The van der Waals surface area contributed by atoms with Crippen LogP contribution in [0.15, 0.2) is 11.1 Å². The predicted octanol–water partition coefficient (Wildman–Crippen LogP) is 2.84. The molecule has 1 spiro atoms. The maximum absolute atomic E-state index is 3.59. The molecule has 0 saturated heterocycles. The second kappa shape index (κ2) is 2.74. The molecule has 0 radical (unpaired) electrons. The van der Waals surface area contributed by atoms with Crippen LogP contribution >= 0.6 is 11.8 Å². The summed E-state index contributed by atoms with van der Waals surface area (Å²) in [5, 5.41) is 5.86. The van der Waals surface area contributed by atoms with Crippen molar-refractivity contribution < 1.29 is 0 Å². The second-order valence-corrected chi connectivity index (χ2v) is 4.85. The highest BCUT2D eigenvalue weighted by Gasteiger charge is 2.34. The molecule has 2 rings (SSSR count). The van der Waals surface area contributed by atoms with Crippen molar-refractivity contribution in [2.24, 2.45) is 0 Å². The molecule has 1 fully saturated rings. The van der Waals surface area contributed by atoms with E-state index in [1.807, 2.05) is 11.8 Å². The lowest BCUT2D eigenvalue weighted by Gasteiger charge is -2.33. The molecule has 1 N–H and O–H groups in total. The van der Waals surface area contributed by atoms with Crippen molar-refractivity contribution in [2.75, 3.05) is 0 Å². The van der Waals surface area contributed by atoms with Crippen molar-refractivity contribution in [1.29, 1.82) is 0 Å². The monoisotopic (exact) mass is 169 g/mol. The first-order valence-corrected chi connectivity index (χ1v) is 5.32. The van der Waals surface area contributed by atoms with Gasteiger partial charge in [0.25, 0.3) is 0 Å². The number of hydrogen-bond donors (Lipinski definition) is 1. The molecule has 0 aromatic heterocycles. The summed E-state index contributed by atoms with van der Waals surface area (Å²) in [6.45, 7) is 2.16. The van der Waals surface area contributed by atoms with E-state index in [0.29, 0.717) is 4.87 Å². The summed E-state index contributed by atoms with van der Waals surface area (Å²) in [5.74, 6) is 0. The first kappa shape index (κ1) is 7.53. The van der Waals surface area contributed by atoms with Crippen LogP contribution in [0.4, 0.5) is 0 Å². The van der Waals surface area contributed by atoms with Gasteiger partial charge in [0.2, 0.25) is 0 Å². The van der Waals surface area contributed by atoms with Gasteiger partial charge in [0.05, 0.1) is 4.87 Å². The van der Waals surface area contributed by atoms with E-state index in [1.54, 1.807) is 0 Å². The topological polar surface area (TPSA) is 12.0 Å². The van der Waals surface area contributed by atoms with Gasteiger partial charge >= 0.3 is 0 Å². The lowest BCUT2D eigenvalue weighted by atomic mass is 9.94. The van der Waals surface area contributed by atoms with Gasteiger partial charge in [-0.15, -0.1) is 11.8 Å². The highest BCUT2D eigenvalue weighted by atomic mass is 32.2. The smallest absolute Gasteiger partial charge is 0.0871 e. The Morgan fingerprint density at radius 3 is 2.64 bits per heavy atom. The fourth-order valence-corrected chi connectivity index (χ4v) is 3.19. The molecule has 1 nitrogen and oxygen atoms in total. The van der Waals surface area contributed by atoms with E-state index in [9.17, 15) is 0 Å². The van der Waals surface area contributed by atoms with Gasteiger partial charge in [-0.05, 0) is 25.2 Å². The van der Waals surface area contributed by atoms with Crippen molar-refractivity contribution in [3.05, 3.63) is 11.1 Å². The third-order valence-corrected chi connectivity index (χ3v) is 3.98. The number of rotatable bonds is 0. The van der Waals surface area contributed by atoms with Gasteiger partial charge in [-0.1, -0.05) is 19.3 Å². The summed E-state index contributed by atoms with van der Waals surface area (Å²) < 4.78 is 0. The van der Waals surface area contributed by atoms with Gasteiger partial charge in [0.15, 0.2) is 0 Å². The van der Waals surface area contributed by atoms with Gasteiger partial charge in [-0.3, -0.25) is 0 Å². The summed E-state index contributed by atoms with van der Waals surface area (Å²) in [5.41, 5.74) is 1.36. The van der Waals surface area contributed by atoms with Gasteiger partial charge in [-0.25, -0.2) is 0 Å². The van der Waals surface area contributed by atoms with Crippen molar-refractivity contribution >= 4 is 11.8 Å². The van der Waals surface area contributed by atoms with E-state index >= 15 is 0 Å². The van der Waals surface area contributed by atoms with Crippen molar-refractivity contribution in [1.82, 2.24) is 5.32 Å².